The van der Waals surface area contributed by atoms with Gasteiger partial charge in [-0.25, -0.2) is 8.78 Å². The largest absolute Gasteiger partial charge is 0.397 e. The summed E-state index contributed by atoms with van der Waals surface area (Å²) in [5, 5.41) is 9.20. The fourth-order valence-electron chi connectivity index (χ4n) is 3.08. The van der Waals surface area contributed by atoms with Crippen LogP contribution in [-0.4, -0.2) is 19.0 Å². The van der Waals surface area contributed by atoms with Crippen LogP contribution in [0.4, 0.5) is 20.2 Å². The van der Waals surface area contributed by atoms with Crippen LogP contribution in [0.2, 0.25) is 0 Å². The molecule has 114 valence electrons. The number of anilines is 2. The van der Waals surface area contributed by atoms with Crippen LogP contribution in [0.25, 0.3) is 0 Å². The molecule has 5 heteroatoms. The van der Waals surface area contributed by atoms with E-state index in [2.05, 4.69) is 6.07 Å². The summed E-state index contributed by atoms with van der Waals surface area (Å²) >= 11 is 0. The summed E-state index contributed by atoms with van der Waals surface area (Å²) in [4.78, 5) is 1.63. The lowest BCUT2D eigenvalue weighted by Gasteiger charge is -2.23. The predicted molar refractivity (Wildman–Crippen MR) is 82.8 cm³/mol. The summed E-state index contributed by atoms with van der Waals surface area (Å²) in [6.07, 6.45) is 6.30. The summed E-state index contributed by atoms with van der Waals surface area (Å²) < 4.78 is 26.7. The van der Waals surface area contributed by atoms with Gasteiger partial charge in [-0.05, 0) is 30.2 Å². The Morgan fingerprint density at radius 2 is 2.18 bits per heavy atom. The lowest BCUT2D eigenvalue weighted by atomic mass is 9.85. The van der Waals surface area contributed by atoms with Gasteiger partial charge in [-0.3, -0.25) is 0 Å². The average molecular weight is 301 g/mol. The van der Waals surface area contributed by atoms with Crippen molar-refractivity contribution in [2.75, 3.05) is 23.7 Å². The van der Waals surface area contributed by atoms with Crippen molar-refractivity contribution in [2.24, 2.45) is 0 Å². The fourth-order valence-corrected chi connectivity index (χ4v) is 3.08. The van der Waals surface area contributed by atoms with Crippen molar-refractivity contribution in [3.05, 3.63) is 47.6 Å². The van der Waals surface area contributed by atoms with Gasteiger partial charge in [-0.1, -0.05) is 18.2 Å². The molecule has 0 bridgehead atoms. The number of hydrogen-bond donors (Lipinski definition) is 1. The van der Waals surface area contributed by atoms with Gasteiger partial charge in [0.2, 0.25) is 0 Å². The maximum absolute atomic E-state index is 13.3. The van der Waals surface area contributed by atoms with E-state index in [1.807, 2.05) is 18.2 Å². The van der Waals surface area contributed by atoms with Crippen LogP contribution in [0.1, 0.15) is 24.3 Å². The number of nitriles is 1. The van der Waals surface area contributed by atoms with Crippen LogP contribution in [-0.2, 0) is 0 Å². The summed E-state index contributed by atoms with van der Waals surface area (Å²) in [6.45, 7) is 0.0259. The highest BCUT2D eigenvalue weighted by molar-refractivity contribution is 5.70. The Bertz CT molecular complexity index is 686. The molecule has 1 unspecified atom stereocenters. The molecule has 3 rings (SSSR count). The molecule has 0 radical (unpaired) electrons. The maximum atomic E-state index is 13.3. The topological polar surface area (TPSA) is 53.0 Å². The number of allylic oxidation sites excluding steroid dienone is 4. The van der Waals surface area contributed by atoms with E-state index in [0.29, 0.717) is 23.5 Å². The highest BCUT2D eigenvalue weighted by atomic mass is 19.3. The minimum atomic E-state index is -2.64. The lowest BCUT2D eigenvalue weighted by Crippen LogP contribution is -2.25. The van der Waals surface area contributed by atoms with E-state index in [1.165, 1.54) is 0 Å². The molecule has 0 aromatic heterocycles. The maximum Gasteiger partial charge on any atom is 0.266 e. The quantitative estimate of drug-likeness (QED) is 0.849. The monoisotopic (exact) mass is 301 g/mol. The Morgan fingerprint density at radius 1 is 1.36 bits per heavy atom. The Hall–Kier alpha value is -2.35. The lowest BCUT2D eigenvalue weighted by molar-refractivity contribution is 0.0257. The minimum Gasteiger partial charge on any atom is -0.397 e. The van der Waals surface area contributed by atoms with E-state index in [9.17, 15) is 14.0 Å². The number of nitrogens with two attached hydrogens (primary N) is 1. The molecule has 0 spiro atoms. The second-order valence-corrected chi connectivity index (χ2v) is 5.80. The van der Waals surface area contributed by atoms with Crippen molar-refractivity contribution in [3.8, 4) is 6.07 Å². The van der Waals surface area contributed by atoms with Crippen LogP contribution < -0.4 is 10.6 Å². The third-order valence-corrected chi connectivity index (χ3v) is 4.25. The summed E-state index contributed by atoms with van der Waals surface area (Å²) in [5.41, 5.74) is 8.86. The average Bonchev–Trinajstić information content (AvgIpc) is 2.87. The number of nitrogens with zero attached hydrogens (tertiary/aromatic N) is 2. The predicted octanol–water partition coefficient (Wildman–Crippen LogP) is 3.61. The number of hydrogen-bond acceptors (Lipinski definition) is 3. The number of nitrogen functional groups attached to an aromatic ring is 1. The Kier molecular flexibility index (Phi) is 3.61. The molecule has 1 saturated heterocycles. The minimum absolute atomic E-state index is 0.00799. The van der Waals surface area contributed by atoms with E-state index in [-0.39, 0.29) is 18.9 Å². The normalized spacial score (nSPS) is 23.2. The zero-order valence-corrected chi connectivity index (χ0v) is 12.1. The van der Waals surface area contributed by atoms with Crippen molar-refractivity contribution in [3.63, 3.8) is 0 Å². The Morgan fingerprint density at radius 3 is 2.82 bits per heavy atom. The van der Waals surface area contributed by atoms with Crippen molar-refractivity contribution >= 4 is 11.4 Å². The molecule has 0 amide bonds. The van der Waals surface area contributed by atoms with Gasteiger partial charge < -0.3 is 10.6 Å². The zero-order chi connectivity index (χ0) is 15.7. The fraction of sp³-hybridized carbons (Fsp3) is 0.353. The van der Waals surface area contributed by atoms with Crippen LogP contribution >= 0.6 is 0 Å². The number of rotatable bonds is 2. The highest BCUT2D eigenvalue weighted by Crippen LogP contribution is 2.37. The third-order valence-electron chi connectivity index (χ3n) is 4.25. The summed E-state index contributed by atoms with van der Waals surface area (Å²) in [5.74, 6) is -2.65. The van der Waals surface area contributed by atoms with Gasteiger partial charge in [-0.2, -0.15) is 5.26 Å². The molecular formula is C17H17F2N3. The second-order valence-electron chi connectivity index (χ2n) is 5.80. The van der Waals surface area contributed by atoms with Gasteiger partial charge in [0.15, 0.2) is 0 Å². The number of halogens is 2. The first-order chi connectivity index (χ1) is 10.5. The first-order valence-electron chi connectivity index (χ1n) is 7.29. The van der Waals surface area contributed by atoms with Crippen LogP contribution in [0.15, 0.2) is 42.0 Å². The Labute approximate surface area is 128 Å². The summed E-state index contributed by atoms with van der Waals surface area (Å²) in [7, 11) is 0. The summed E-state index contributed by atoms with van der Waals surface area (Å²) in [6, 6.07) is 7.70. The van der Waals surface area contributed by atoms with E-state index in [4.69, 9.17) is 5.73 Å². The van der Waals surface area contributed by atoms with E-state index < -0.39 is 5.92 Å². The first kappa shape index (κ1) is 14.6. The molecule has 1 aliphatic heterocycles. The van der Waals surface area contributed by atoms with Gasteiger partial charge in [0.25, 0.3) is 5.92 Å². The molecule has 2 aliphatic rings. The molecule has 1 fully saturated rings. The molecule has 1 aromatic carbocycles. The van der Waals surface area contributed by atoms with Crippen molar-refractivity contribution in [2.45, 2.75) is 24.7 Å². The van der Waals surface area contributed by atoms with Crippen LogP contribution in [0.5, 0.6) is 0 Å². The van der Waals surface area contributed by atoms with Gasteiger partial charge in [0.1, 0.15) is 0 Å². The van der Waals surface area contributed by atoms with E-state index >= 15 is 0 Å². The molecule has 1 aliphatic carbocycles. The van der Waals surface area contributed by atoms with Crippen LogP contribution in [0.3, 0.4) is 0 Å². The number of alkyl halides is 2. The van der Waals surface area contributed by atoms with Crippen molar-refractivity contribution in [1.29, 1.82) is 5.26 Å². The standard InChI is InChI=1S/C17H17F2N3/c18-17(19)7-8-22(11-17)16-6-5-12(9-15(16)21)14-4-2-1-3-13(14)10-20/h1-3,5-6,9,14H,4,7-8,11,21H2. The van der Waals surface area contributed by atoms with Crippen LogP contribution in [0, 0.1) is 11.3 Å². The van der Waals surface area contributed by atoms with Gasteiger partial charge in [-0.15, -0.1) is 0 Å². The Balaban J connectivity index is 1.86. The zero-order valence-electron chi connectivity index (χ0n) is 12.1. The molecule has 22 heavy (non-hydrogen) atoms. The molecule has 2 N–H and O–H groups in total. The molecular weight excluding hydrogens is 284 g/mol. The van der Waals surface area contributed by atoms with Crippen molar-refractivity contribution < 1.29 is 8.78 Å². The van der Waals surface area contributed by atoms with E-state index in [0.717, 1.165) is 12.0 Å². The molecule has 3 nitrogen and oxygen atoms in total. The highest BCUT2D eigenvalue weighted by Gasteiger charge is 2.38. The van der Waals surface area contributed by atoms with Crippen molar-refractivity contribution in [1.82, 2.24) is 0 Å². The van der Waals surface area contributed by atoms with Gasteiger partial charge in [0, 0.05) is 24.5 Å². The van der Waals surface area contributed by atoms with Gasteiger partial charge >= 0.3 is 0 Å². The van der Waals surface area contributed by atoms with Gasteiger partial charge in [0.05, 0.1) is 24.0 Å². The third kappa shape index (κ3) is 2.69. The van der Waals surface area contributed by atoms with E-state index in [1.54, 1.807) is 23.1 Å². The molecule has 1 aromatic rings. The number of benzene rings is 1. The first-order valence-corrected chi connectivity index (χ1v) is 7.29. The molecule has 0 saturated carbocycles. The molecule has 1 atom stereocenters. The smallest absolute Gasteiger partial charge is 0.266 e. The SMILES string of the molecule is N#CC1=CC=CCC1c1ccc(N2CCC(F)(F)C2)c(N)c1. The molecule has 1 heterocycles. The second kappa shape index (κ2) is 5.45.